The van der Waals surface area contributed by atoms with Gasteiger partial charge in [-0.15, -0.1) is 0 Å². The summed E-state index contributed by atoms with van der Waals surface area (Å²) in [5.74, 6) is -8.64. The van der Waals surface area contributed by atoms with Crippen LogP contribution in [0.1, 0.15) is 173 Å². The second-order valence-electron chi connectivity index (χ2n) is 22.3. The van der Waals surface area contributed by atoms with Crippen LogP contribution in [-0.4, -0.2) is 81.3 Å². The van der Waals surface area contributed by atoms with E-state index in [1.165, 1.54) is 85.0 Å². The van der Waals surface area contributed by atoms with E-state index in [-0.39, 0.29) is 47.0 Å². The molecular weight excluding hydrogens is 893 g/mol. The van der Waals surface area contributed by atoms with Crippen molar-refractivity contribution in [3.05, 3.63) is 24.3 Å². The molecule has 8 rings (SSSR count). The van der Waals surface area contributed by atoms with E-state index in [0.29, 0.717) is 35.7 Å². The molecule has 0 radical (unpaired) electrons. The van der Waals surface area contributed by atoms with Crippen molar-refractivity contribution in [1.82, 2.24) is 0 Å². The van der Waals surface area contributed by atoms with Crippen molar-refractivity contribution in [3.8, 4) is 0 Å². The average Bonchev–Trinajstić information content (AvgIpc) is 3.25. The summed E-state index contributed by atoms with van der Waals surface area (Å²) >= 11 is 0. The molecule has 0 heterocycles. The third kappa shape index (κ3) is 13.2. The van der Waals surface area contributed by atoms with Gasteiger partial charge in [0.15, 0.2) is 12.2 Å². The number of ether oxygens (including phenoxy) is 4. The first-order valence-corrected chi connectivity index (χ1v) is 24.6. The van der Waals surface area contributed by atoms with Crippen molar-refractivity contribution in [2.45, 2.75) is 208 Å². The van der Waals surface area contributed by atoms with Gasteiger partial charge >= 0.3 is 47.7 Å². The first-order chi connectivity index (χ1) is 31.2. The maximum absolute atomic E-state index is 13.2. The minimum absolute atomic E-state index is 0.0185. The van der Waals surface area contributed by atoms with Crippen LogP contribution in [0.4, 0.5) is 17.6 Å². The largest absolute Gasteiger partial charge is 0.477 e. The van der Waals surface area contributed by atoms with Crippen LogP contribution in [0, 0.1) is 58.2 Å². The Kier molecular flexibility index (Phi) is 19.2. The molecule has 0 saturated heterocycles. The van der Waals surface area contributed by atoms with Gasteiger partial charge in [0, 0.05) is 11.1 Å². The fourth-order valence-corrected chi connectivity index (χ4v) is 11.1. The number of carboxylic acids is 2. The van der Waals surface area contributed by atoms with Crippen LogP contribution >= 0.6 is 0 Å². The first-order valence-electron chi connectivity index (χ1n) is 24.6. The quantitative estimate of drug-likeness (QED) is 0.0648. The Labute approximate surface area is 401 Å². The van der Waals surface area contributed by atoms with E-state index in [9.17, 15) is 46.3 Å². The number of alkyl halides is 4. The molecular formula is C52H80F4O12. The molecule has 2 unspecified atom stereocenters. The molecule has 8 aliphatic rings. The second kappa shape index (κ2) is 22.4. The van der Waals surface area contributed by atoms with Crippen LogP contribution in [0.3, 0.4) is 0 Å². The summed E-state index contributed by atoms with van der Waals surface area (Å²) in [5, 5.41) is 16.6. The molecule has 0 aromatic heterocycles. The first kappa shape index (κ1) is 58.3. The highest BCUT2D eigenvalue weighted by Gasteiger charge is 2.59. The third-order valence-electron chi connectivity index (χ3n) is 16.3. The lowest BCUT2D eigenvalue weighted by Crippen LogP contribution is -2.58. The van der Waals surface area contributed by atoms with Gasteiger partial charge in [0.05, 0.1) is 10.8 Å². The van der Waals surface area contributed by atoms with Crippen molar-refractivity contribution in [2.75, 3.05) is 0 Å². The van der Waals surface area contributed by atoms with Crippen molar-refractivity contribution in [1.29, 1.82) is 0 Å². The van der Waals surface area contributed by atoms with Crippen molar-refractivity contribution < 1.29 is 75.5 Å². The van der Waals surface area contributed by atoms with E-state index in [1.54, 1.807) is 27.7 Å². The summed E-state index contributed by atoms with van der Waals surface area (Å²) in [6, 6.07) is 0. The van der Waals surface area contributed by atoms with E-state index in [4.69, 9.17) is 19.7 Å². The van der Waals surface area contributed by atoms with Crippen molar-refractivity contribution in [3.63, 3.8) is 0 Å². The lowest BCUT2D eigenvalue weighted by atomic mass is 9.50. The van der Waals surface area contributed by atoms with Gasteiger partial charge in [0.2, 0.25) is 0 Å². The van der Waals surface area contributed by atoms with E-state index >= 15 is 0 Å². The molecule has 0 aliphatic heterocycles. The van der Waals surface area contributed by atoms with Gasteiger partial charge in [-0.2, -0.15) is 17.6 Å². The molecule has 8 bridgehead atoms. The number of hydrogen-bond acceptors (Lipinski definition) is 10. The number of halogens is 4. The molecule has 388 valence electrons. The summed E-state index contributed by atoms with van der Waals surface area (Å²) in [7, 11) is 0. The zero-order chi connectivity index (χ0) is 52.1. The van der Waals surface area contributed by atoms with E-state index in [0.717, 1.165) is 30.1 Å². The molecule has 2 N–H and O–H groups in total. The Morgan fingerprint density at radius 2 is 0.824 bits per heavy atom. The second-order valence-corrected chi connectivity index (χ2v) is 22.3. The molecule has 68 heavy (non-hydrogen) atoms. The monoisotopic (exact) mass is 973 g/mol. The molecule has 16 heteroatoms. The number of carboxylic acid groups (broad SMARTS) is 2. The maximum Gasteiger partial charge on any atom is 0.378 e. The van der Waals surface area contributed by atoms with Crippen LogP contribution in [0.5, 0.6) is 0 Å². The fraction of sp³-hybridized carbons (Fsp3) is 0.808. The number of aliphatic carboxylic acids is 2. The Bertz CT molecular complexity index is 1810. The minimum atomic E-state index is -4.08. The van der Waals surface area contributed by atoms with Gasteiger partial charge < -0.3 is 29.2 Å². The van der Waals surface area contributed by atoms with Crippen molar-refractivity contribution >= 4 is 35.8 Å². The van der Waals surface area contributed by atoms with Gasteiger partial charge in [-0.3, -0.25) is 9.59 Å². The van der Waals surface area contributed by atoms with Crippen LogP contribution in [0.25, 0.3) is 0 Å². The van der Waals surface area contributed by atoms with Crippen LogP contribution in [-0.2, 0) is 47.7 Å². The standard InChI is InChI=1S/C17H28O2.C15H22O2.C11H18F2O4.C9H12F2O4/c1-5-16(2,3)15(18)19-17(4)13-7-11-6-12(9-13)10-14(17)8-11;1-9(2)14(16)17-15(3)12-5-10-4-11(7-12)8-13(15)6-10;1-5-7(11(12,13)8(14)15)17-9(16)10(3,4)6-2;1-4-6(9(10,11)8(13)14)15-7(12)5(2)3/h11-14H,5-10H2,1-4H3;10-13H,1,4-8H2,2-3H3;7H,5-6H2,1-4H3,(H,14,15);6H,2,4H2,1,3H3,(H,13,14). The van der Waals surface area contributed by atoms with E-state index in [2.05, 4.69) is 43.4 Å². The summed E-state index contributed by atoms with van der Waals surface area (Å²) in [6.07, 6.45) is 9.94. The van der Waals surface area contributed by atoms with Gasteiger partial charge in [0.1, 0.15) is 11.2 Å². The van der Waals surface area contributed by atoms with E-state index < -0.39 is 53.3 Å². The summed E-state index contributed by atoms with van der Waals surface area (Å²) in [5.41, 5.74) is -1.14. The summed E-state index contributed by atoms with van der Waals surface area (Å²) in [6.45, 7) is 27.9. The maximum atomic E-state index is 13.2. The predicted molar refractivity (Wildman–Crippen MR) is 246 cm³/mol. The third-order valence-corrected chi connectivity index (χ3v) is 16.3. The SMILES string of the molecule is C=C(C)C(=O)OC(CC)C(F)(F)C(=O)O.C=C(C)C(=O)OC1(C)C2CC3CC(C2)CC1C3.CCC(C)(C)C(=O)OC1(C)C2CC3CC(C2)CC1C3.CCC(OC(=O)C(C)(C)CC)C(F)(F)C(=O)O. The lowest BCUT2D eigenvalue weighted by molar-refractivity contribution is -0.211. The van der Waals surface area contributed by atoms with E-state index in [1.807, 2.05) is 13.8 Å². The lowest BCUT2D eigenvalue weighted by Gasteiger charge is -2.59. The molecule has 8 saturated carbocycles. The predicted octanol–water partition coefficient (Wildman–Crippen LogP) is 11.6. The smallest absolute Gasteiger partial charge is 0.378 e. The number of carbonyl (C=O) groups is 6. The minimum Gasteiger partial charge on any atom is -0.477 e. The number of hydrogen-bond donors (Lipinski definition) is 2. The topological polar surface area (TPSA) is 180 Å². The molecule has 0 spiro atoms. The number of carbonyl (C=O) groups excluding carboxylic acids is 4. The Morgan fingerprint density at radius 1 is 0.529 bits per heavy atom. The molecule has 8 fully saturated rings. The highest BCUT2D eigenvalue weighted by Crippen LogP contribution is 2.61. The molecule has 2 atom stereocenters. The Morgan fingerprint density at radius 3 is 1.10 bits per heavy atom. The number of rotatable bonds is 16. The zero-order valence-electron chi connectivity index (χ0n) is 42.6. The van der Waals surface area contributed by atoms with Gasteiger partial charge in [-0.1, -0.05) is 40.9 Å². The molecule has 12 nitrogen and oxygen atoms in total. The molecule has 8 aliphatic carbocycles. The molecule has 0 amide bonds. The Hall–Kier alpha value is -3.98. The normalized spacial score (nSPS) is 30.6. The molecule has 0 aromatic carbocycles. The number of esters is 4. The summed E-state index contributed by atoms with van der Waals surface area (Å²) < 4.78 is 73.1. The zero-order valence-corrected chi connectivity index (χ0v) is 42.6. The Balaban J connectivity index is 0.000000241. The van der Waals surface area contributed by atoms with Crippen LogP contribution < -0.4 is 0 Å². The van der Waals surface area contributed by atoms with Gasteiger partial charge in [-0.05, 0) is 193 Å². The highest BCUT2D eigenvalue weighted by atomic mass is 19.3. The summed E-state index contributed by atoms with van der Waals surface area (Å²) in [4.78, 5) is 67.4. The fourth-order valence-electron chi connectivity index (χ4n) is 11.1. The highest BCUT2D eigenvalue weighted by molar-refractivity contribution is 5.88. The van der Waals surface area contributed by atoms with Gasteiger partial charge in [-0.25, -0.2) is 19.2 Å². The van der Waals surface area contributed by atoms with Crippen molar-refractivity contribution in [2.24, 2.45) is 58.2 Å². The molecule has 0 aromatic rings. The van der Waals surface area contributed by atoms with Crippen LogP contribution in [0.15, 0.2) is 24.3 Å². The van der Waals surface area contributed by atoms with Crippen LogP contribution in [0.2, 0.25) is 0 Å². The average molecular weight is 973 g/mol. The van der Waals surface area contributed by atoms with Gasteiger partial charge in [0.25, 0.3) is 0 Å².